The molecule has 6 heteroatoms. The maximum absolute atomic E-state index is 11.7. The highest BCUT2D eigenvalue weighted by atomic mass is 32.2. The van der Waals surface area contributed by atoms with E-state index in [9.17, 15) is 8.42 Å². The van der Waals surface area contributed by atoms with E-state index in [2.05, 4.69) is 70.5 Å². The fraction of sp³-hybridized carbons (Fsp3) is 0.233. The number of nitrogens with one attached hydrogen (secondary N) is 1. The zero-order valence-corrected chi connectivity index (χ0v) is 21.6. The number of aromatic nitrogens is 2. The molecule has 0 spiro atoms. The van der Waals surface area contributed by atoms with Crippen LogP contribution >= 0.6 is 0 Å². The number of sulfone groups is 1. The lowest BCUT2D eigenvalue weighted by Crippen LogP contribution is -2.30. The average molecular weight is 498 g/mol. The first-order valence-electron chi connectivity index (χ1n) is 12.3. The van der Waals surface area contributed by atoms with E-state index in [0.717, 1.165) is 43.7 Å². The summed E-state index contributed by atoms with van der Waals surface area (Å²) in [6.07, 6.45) is 11.3. The number of benzene rings is 2. The van der Waals surface area contributed by atoms with E-state index in [4.69, 9.17) is 0 Å². The summed E-state index contributed by atoms with van der Waals surface area (Å²) in [5.41, 5.74) is 9.74. The van der Waals surface area contributed by atoms with Gasteiger partial charge in [-0.15, -0.1) is 0 Å². The highest BCUT2D eigenvalue weighted by Gasteiger charge is 2.20. The molecule has 0 atom stereocenters. The third-order valence-corrected chi connectivity index (χ3v) is 7.99. The second kappa shape index (κ2) is 10.2. The van der Waals surface area contributed by atoms with Gasteiger partial charge in [-0.25, -0.2) is 8.42 Å². The molecule has 0 bridgehead atoms. The summed E-state index contributed by atoms with van der Waals surface area (Å²) < 4.78 is 23.4. The number of nitrogens with zero attached hydrogens (tertiary/aromatic N) is 2. The number of pyridine rings is 1. The van der Waals surface area contributed by atoms with Crippen molar-refractivity contribution in [3.8, 4) is 22.4 Å². The number of aromatic amines is 1. The lowest BCUT2D eigenvalue weighted by molar-refractivity contribution is 0.306. The molecule has 0 aliphatic carbocycles. The minimum atomic E-state index is -3.15. The monoisotopic (exact) mass is 497 g/mol. The largest absolute Gasteiger partial charge is 0.360 e. The molecule has 0 saturated carbocycles. The Morgan fingerprint density at radius 1 is 1.00 bits per heavy atom. The molecule has 1 aliphatic rings. The molecule has 36 heavy (non-hydrogen) atoms. The summed E-state index contributed by atoms with van der Waals surface area (Å²) in [4.78, 5) is 10.6. The van der Waals surface area contributed by atoms with Crippen LogP contribution in [0.5, 0.6) is 0 Å². The van der Waals surface area contributed by atoms with E-state index >= 15 is 0 Å². The molecule has 0 radical (unpaired) electrons. The lowest BCUT2D eigenvalue weighted by atomic mass is 9.92. The van der Waals surface area contributed by atoms with E-state index in [1.165, 1.54) is 39.6 Å². The van der Waals surface area contributed by atoms with Crippen molar-refractivity contribution >= 4 is 15.4 Å². The summed E-state index contributed by atoms with van der Waals surface area (Å²) >= 11 is 0. The molecule has 0 saturated heterocycles. The summed E-state index contributed by atoms with van der Waals surface area (Å²) in [5.74, 6) is 0. The quantitative estimate of drug-likeness (QED) is 0.351. The zero-order valence-electron chi connectivity index (χ0n) is 20.7. The van der Waals surface area contributed by atoms with Crippen molar-refractivity contribution in [2.45, 2.75) is 24.7 Å². The Kier molecular flexibility index (Phi) is 6.90. The maximum atomic E-state index is 11.7. The van der Waals surface area contributed by atoms with E-state index in [1.807, 2.05) is 24.5 Å². The van der Waals surface area contributed by atoms with Crippen molar-refractivity contribution in [1.82, 2.24) is 14.9 Å². The minimum Gasteiger partial charge on any atom is -0.360 e. The number of rotatable bonds is 7. The van der Waals surface area contributed by atoms with Crippen LogP contribution in [0.1, 0.15) is 23.1 Å². The van der Waals surface area contributed by atoms with Crippen molar-refractivity contribution in [3.63, 3.8) is 0 Å². The molecule has 2 aromatic heterocycles. The third-order valence-electron chi connectivity index (χ3n) is 6.86. The molecular weight excluding hydrogens is 466 g/mol. The first-order valence-corrected chi connectivity index (χ1v) is 14.2. The van der Waals surface area contributed by atoms with Crippen molar-refractivity contribution in [3.05, 3.63) is 102 Å². The summed E-state index contributed by atoms with van der Waals surface area (Å²) in [6.45, 7) is 4.96. The van der Waals surface area contributed by atoms with E-state index in [0.29, 0.717) is 4.90 Å². The lowest BCUT2D eigenvalue weighted by Gasteiger charge is -2.26. The normalized spacial score (nSPS) is 14.6. The van der Waals surface area contributed by atoms with Crippen molar-refractivity contribution in [2.75, 3.05) is 25.9 Å². The van der Waals surface area contributed by atoms with Gasteiger partial charge in [0.25, 0.3) is 0 Å². The molecule has 2 aromatic carbocycles. The van der Waals surface area contributed by atoms with Gasteiger partial charge in [0, 0.05) is 55.6 Å². The van der Waals surface area contributed by atoms with Gasteiger partial charge in [0.15, 0.2) is 9.84 Å². The Labute approximate surface area is 213 Å². The molecule has 0 fully saturated rings. The molecule has 184 valence electrons. The van der Waals surface area contributed by atoms with Crippen molar-refractivity contribution < 1.29 is 8.42 Å². The van der Waals surface area contributed by atoms with Crippen LogP contribution in [0.15, 0.2) is 90.2 Å². The van der Waals surface area contributed by atoms with E-state index in [1.54, 1.807) is 12.1 Å². The summed E-state index contributed by atoms with van der Waals surface area (Å²) in [6, 6.07) is 20.0. The van der Waals surface area contributed by atoms with Gasteiger partial charge < -0.3 is 4.98 Å². The zero-order chi connectivity index (χ0) is 25.1. The Morgan fingerprint density at radius 2 is 1.78 bits per heavy atom. The molecule has 5 rings (SSSR count). The smallest absolute Gasteiger partial charge is 0.175 e. The first-order chi connectivity index (χ1) is 17.4. The SMILES string of the molecule is Cc1cccc(-c2[nH]cc(C3=CCN(CCc4ccc(S(C)(=O)=O)cc4)CC3)c2-c2ccncc2)c1. The molecule has 0 unspecified atom stereocenters. The molecule has 4 aromatic rings. The van der Waals surface area contributed by atoms with Crippen LogP contribution in [0.25, 0.3) is 28.0 Å². The van der Waals surface area contributed by atoms with Crippen LogP contribution in [0, 0.1) is 6.92 Å². The van der Waals surface area contributed by atoms with Gasteiger partial charge in [-0.3, -0.25) is 9.88 Å². The van der Waals surface area contributed by atoms with Gasteiger partial charge in [-0.2, -0.15) is 0 Å². The Hall–Kier alpha value is -3.48. The standard InChI is InChI=1S/C30H31N3O2S/c1-22-4-3-5-26(20-22)30-29(25-10-15-31-16-11-25)28(21-32-30)24-13-18-33(19-14-24)17-12-23-6-8-27(9-7-23)36(2,34)35/h3-11,13,15-16,20-21,32H,12,14,17-19H2,1-2H3. The fourth-order valence-electron chi connectivity index (χ4n) is 4.87. The van der Waals surface area contributed by atoms with Gasteiger partial charge in [-0.1, -0.05) is 42.0 Å². The van der Waals surface area contributed by atoms with Crippen LogP contribution < -0.4 is 0 Å². The van der Waals surface area contributed by atoms with Crippen LogP contribution in [0.3, 0.4) is 0 Å². The second-order valence-electron chi connectivity index (χ2n) is 9.50. The highest BCUT2D eigenvalue weighted by molar-refractivity contribution is 7.90. The Morgan fingerprint density at radius 3 is 2.44 bits per heavy atom. The third kappa shape index (κ3) is 5.35. The predicted molar refractivity (Wildman–Crippen MR) is 146 cm³/mol. The average Bonchev–Trinajstić information content (AvgIpc) is 3.33. The molecule has 1 N–H and O–H groups in total. The minimum absolute atomic E-state index is 0.373. The van der Waals surface area contributed by atoms with Crippen molar-refractivity contribution in [2.24, 2.45) is 0 Å². The summed E-state index contributed by atoms with van der Waals surface area (Å²) in [5, 5.41) is 0. The van der Waals surface area contributed by atoms with Gasteiger partial charge in [-0.05, 0) is 72.4 Å². The van der Waals surface area contributed by atoms with Gasteiger partial charge >= 0.3 is 0 Å². The van der Waals surface area contributed by atoms with Crippen LogP contribution in [-0.2, 0) is 16.3 Å². The molecular formula is C30H31N3O2S. The molecule has 0 amide bonds. The Balaban J connectivity index is 1.34. The van der Waals surface area contributed by atoms with Crippen LogP contribution in [-0.4, -0.2) is 49.2 Å². The van der Waals surface area contributed by atoms with Crippen LogP contribution in [0.4, 0.5) is 0 Å². The number of H-pyrrole nitrogens is 1. The van der Waals surface area contributed by atoms with E-state index in [-0.39, 0.29) is 0 Å². The fourth-order valence-corrected chi connectivity index (χ4v) is 5.50. The predicted octanol–water partition coefficient (Wildman–Crippen LogP) is 5.79. The molecule has 3 heterocycles. The second-order valence-corrected chi connectivity index (χ2v) is 11.5. The highest BCUT2D eigenvalue weighted by Crippen LogP contribution is 2.39. The Bertz CT molecular complexity index is 1490. The number of hydrogen-bond donors (Lipinski definition) is 1. The van der Waals surface area contributed by atoms with Gasteiger partial charge in [0.2, 0.25) is 0 Å². The van der Waals surface area contributed by atoms with Crippen LogP contribution in [0.2, 0.25) is 0 Å². The van der Waals surface area contributed by atoms with Gasteiger partial charge in [0.1, 0.15) is 0 Å². The topological polar surface area (TPSA) is 66.1 Å². The van der Waals surface area contributed by atoms with Gasteiger partial charge in [0.05, 0.1) is 10.6 Å². The van der Waals surface area contributed by atoms with Crippen molar-refractivity contribution in [1.29, 1.82) is 0 Å². The molecule has 1 aliphatic heterocycles. The number of aryl methyl sites for hydroxylation is 1. The van der Waals surface area contributed by atoms with E-state index < -0.39 is 9.84 Å². The number of hydrogen-bond acceptors (Lipinski definition) is 4. The first kappa shape index (κ1) is 24.2. The molecule has 5 nitrogen and oxygen atoms in total. The maximum Gasteiger partial charge on any atom is 0.175 e. The summed E-state index contributed by atoms with van der Waals surface area (Å²) in [7, 11) is -3.15.